The lowest BCUT2D eigenvalue weighted by Crippen LogP contribution is -3.00. The Morgan fingerprint density at radius 2 is 0.474 bits per heavy atom. The zero-order valence-electron chi connectivity index (χ0n) is 40.5. The van der Waals surface area contributed by atoms with E-state index < -0.39 is 9.28 Å². The van der Waals surface area contributed by atoms with Crippen LogP contribution in [0.3, 0.4) is 0 Å². The number of unbranched alkanes of at least 4 members (excludes halogenated alkanes) is 38. The average molecular weight is 845 g/mol. The molecule has 0 bridgehead atoms. The Morgan fingerprint density at radius 1 is 0.281 bits per heavy atom. The van der Waals surface area contributed by atoms with Crippen molar-refractivity contribution in [2.24, 2.45) is 0 Å². The Morgan fingerprint density at radius 3 is 0.684 bits per heavy atom. The Balaban J connectivity index is 0. The number of hydrogen-bond acceptors (Lipinski definition) is 2. The van der Waals surface area contributed by atoms with E-state index in [9.17, 15) is 0 Å². The van der Waals surface area contributed by atoms with Gasteiger partial charge in [-0.2, -0.15) is 0 Å². The first kappa shape index (κ1) is 59.5. The molecule has 0 aromatic heterocycles. The van der Waals surface area contributed by atoms with Gasteiger partial charge in [-0.05, 0) is 52.0 Å². The molecule has 0 saturated carbocycles. The smallest absolute Gasteiger partial charge is 0.321 e. The van der Waals surface area contributed by atoms with Crippen molar-refractivity contribution in [2.75, 3.05) is 39.9 Å². The summed E-state index contributed by atoms with van der Waals surface area (Å²) < 4.78 is 13.3. The van der Waals surface area contributed by atoms with E-state index in [1.54, 1.807) is 0 Å². The zero-order valence-corrected chi connectivity index (χ0v) is 42.4. The van der Waals surface area contributed by atoms with Crippen LogP contribution in [0.4, 0.5) is 0 Å². The maximum absolute atomic E-state index is 6.02. The molecule has 0 rings (SSSR count). The molecule has 0 spiro atoms. The molecule has 0 aliphatic carbocycles. The minimum absolute atomic E-state index is 0. The van der Waals surface area contributed by atoms with Crippen molar-refractivity contribution in [3.63, 3.8) is 0 Å². The molecule has 0 unspecified atom stereocenters. The lowest BCUT2D eigenvalue weighted by atomic mass is 10.0. The van der Waals surface area contributed by atoms with Crippen molar-refractivity contribution >= 4 is 9.28 Å². The Bertz CT molecular complexity index is 662. The van der Waals surface area contributed by atoms with Crippen LogP contribution in [0.25, 0.3) is 0 Å². The van der Waals surface area contributed by atoms with E-state index >= 15 is 0 Å². The monoisotopic (exact) mass is 844 g/mol. The summed E-state index contributed by atoms with van der Waals surface area (Å²) in [6.07, 6.45) is 59.7. The summed E-state index contributed by atoms with van der Waals surface area (Å²) in [4.78, 5) is 0. The number of hydrogen-bond donors (Lipinski definition) is 0. The van der Waals surface area contributed by atoms with Crippen LogP contribution in [0, 0.1) is 0 Å². The second-order valence-corrected chi connectivity index (χ2v) is 20.8. The van der Waals surface area contributed by atoms with Crippen LogP contribution in [0.15, 0.2) is 0 Å². The molecule has 0 radical (unpaired) electrons. The molecule has 0 heterocycles. The fraction of sp³-hybridized carbons (Fsp3) is 1.00. The second kappa shape index (κ2) is 50.7. The third-order valence-corrected chi connectivity index (χ3v) is 15.2. The fourth-order valence-electron chi connectivity index (χ4n) is 9.06. The first-order valence-electron chi connectivity index (χ1n) is 26.7. The van der Waals surface area contributed by atoms with Gasteiger partial charge in [0.2, 0.25) is 0 Å². The normalized spacial score (nSPS) is 11.9. The molecule has 0 aromatic carbocycles. The van der Waals surface area contributed by atoms with Gasteiger partial charge < -0.3 is 25.7 Å². The topological polar surface area (TPSA) is 18.5 Å². The highest BCUT2D eigenvalue weighted by Crippen LogP contribution is 2.19. The number of quaternary nitrogens is 1. The van der Waals surface area contributed by atoms with Crippen LogP contribution in [0.2, 0.25) is 6.04 Å². The van der Waals surface area contributed by atoms with Crippen LogP contribution in [-0.4, -0.2) is 53.7 Å². The van der Waals surface area contributed by atoms with Gasteiger partial charge in [0.15, 0.2) is 0 Å². The highest BCUT2D eigenvalue weighted by atomic mass is 35.5. The van der Waals surface area contributed by atoms with Crippen molar-refractivity contribution < 1.29 is 25.7 Å². The summed E-state index contributed by atoms with van der Waals surface area (Å²) >= 11 is 0. The van der Waals surface area contributed by atoms with Gasteiger partial charge in [-0.1, -0.05) is 245 Å². The molecule has 0 atom stereocenters. The third kappa shape index (κ3) is 47.3. The number of halogens is 1. The Hall–Kier alpha value is 0.387. The lowest BCUT2D eigenvalue weighted by molar-refractivity contribution is -0.910. The predicted octanol–water partition coefficient (Wildman–Crippen LogP) is 14.8. The van der Waals surface area contributed by atoms with E-state index in [2.05, 4.69) is 34.7 Å². The van der Waals surface area contributed by atoms with Gasteiger partial charge in [0.05, 0.1) is 26.7 Å². The van der Waals surface area contributed by atoms with Crippen LogP contribution >= 0.6 is 0 Å². The third-order valence-electron chi connectivity index (χ3n) is 12.9. The maximum Gasteiger partial charge on any atom is 0.321 e. The standard InChI is InChI=1S/C52H110NO2Si.ClH/c1-6-10-12-14-16-18-20-22-24-26-28-30-32-34-36-38-40-42-44-46-49-53(5,51-48-52-56(54-8-3)55-9-4)50-47-45-43-41-39-37-35-33-31-29-27-25-23-21-19-17-15-13-11-7-2;/h56H,6-52H2,1-5H3;1H/q+1;/p-1. The van der Waals surface area contributed by atoms with E-state index in [4.69, 9.17) is 8.85 Å². The predicted molar refractivity (Wildman–Crippen MR) is 257 cm³/mol. The first-order chi connectivity index (χ1) is 27.6. The van der Waals surface area contributed by atoms with Gasteiger partial charge in [-0.15, -0.1) is 0 Å². The Labute approximate surface area is 370 Å². The van der Waals surface area contributed by atoms with Crippen molar-refractivity contribution in [3.05, 3.63) is 0 Å². The fourth-order valence-corrected chi connectivity index (χ4v) is 10.7. The van der Waals surface area contributed by atoms with Gasteiger partial charge >= 0.3 is 9.28 Å². The molecule has 0 saturated heterocycles. The number of nitrogens with zero attached hydrogens (tertiary/aromatic N) is 1. The summed E-state index contributed by atoms with van der Waals surface area (Å²) in [6.45, 7) is 14.5. The van der Waals surface area contributed by atoms with Crippen LogP contribution in [0.1, 0.15) is 291 Å². The molecule has 57 heavy (non-hydrogen) atoms. The minimum Gasteiger partial charge on any atom is -1.00 e. The molecule has 0 N–H and O–H groups in total. The van der Waals surface area contributed by atoms with Crippen LogP contribution in [0.5, 0.6) is 0 Å². The molecule has 3 nitrogen and oxygen atoms in total. The molecule has 0 aromatic rings. The molecular formula is C52H110ClNO2Si. The molecule has 0 fully saturated rings. The van der Waals surface area contributed by atoms with E-state index in [0.29, 0.717) is 0 Å². The summed E-state index contributed by atoms with van der Waals surface area (Å²) in [7, 11) is 1.10. The largest absolute Gasteiger partial charge is 1.00 e. The summed E-state index contributed by atoms with van der Waals surface area (Å²) in [6, 6.07) is 1.17. The van der Waals surface area contributed by atoms with E-state index in [1.807, 2.05) is 0 Å². The van der Waals surface area contributed by atoms with Gasteiger partial charge in [0, 0.05) is 13.2 Å². The first-order valence-corrected chi connectivity index (χ1v) is 28.4. The molecule has 5 heteroatoms. The molecule has 0 aliphatic heterocycles. The summed E-state index contributed by atoms with van der Waals surface area (Å²) in [5, 5.41) is 0. The Kier molecular flexibility index (Phi) is 52.9. The summed E-state index contributed by atoms with van der Waals surface area (Å²) in [5.41, 5.74) is 0. The lowest BCUT2D eigenvalue weighted by Gasteiger charge is -2.35. The average Bonchev–Trinajstić information content (AvgIpc) is 3.19. The second-order valence-electron chi connectivity index (χ2n) is 18.7. The molecule has 0 amide bonds. The maximum atomic E-state index is 6.02. The minimum atomic E-state index is -1.48. The van der Waals surface area contributed by atoms with E-state index in [0.717, 1.165) is 13.2 Å². The zero-order chi connectivity index (χ0) is 40.7. The molecule has 0 aliphatic rings. The highest BCUT2D eigenvalue weighted by Gasteiger charge is 2.22. The van der Waals surface area contributed by atoms with Gasteiger partial charge in [0.25, 0.3) is 0 Å². The van der Waals surface area contributed by atoms with Crippen LogP contribution < -0.4 is 12.4 Å². The van der Waals surface area contributed by atoms with Crippen molar-refractivity contribution in [3.8, 4) is 0 Å². The van der Waals surface area contributed by atoms with Gasteiger partial charge in [0.1, 0.15) is 0 Å². The van der Waals surface area contributed by atoms with E-state index in [1.165, 1.54) is 293 Å². The van der Waals surface area contributed by atoms with Crippen molar-refractivity contribution in [2.45, 2.75) is 297 Å². The van der Waals surface area contributed by atoms with Crippen molar-refractivity contribution in [1.82, 2.24) is 0 Å². The van der Waals surface area contributed by atoms with Gasteiger partial charge in [-0.25, -0.2) is 0 Å². The van der Waals surface area contributed by atoms with Crippen LogP contribution in [-0.2, 0) is 8.85 Å². The van der Waals surface area contributed by atoms with Crippen molar-refractivity contribution in [1.29, 1.82) is 0 Å². The van der Waals surface area contributed by atoms with Gasteiger partial charge in [-0.3, -0.25) is 0 Å². The highest BCUT2D eigenvalue weighted by molar-refractivity contribution is 6.44. The SMILES string of the molecule is CCCCCCCCCCCCCCCCCCCCCC[N+](C)(CCCCCCCCCCCCCCCCCCCCCC)CCC[SiH](OCC)OCC.[Cl-]. The number of rotatable bonds is 50. The molecule has 346 valence electrons. The molecular weight excluding hydrogens is 734 g/mol. The quantitative estimate of drug-likeness (QED) is 0.0345. The van der Waals surface area contributed by atoms with E-state index in [-0.39, 0.29) is 12.4 Å². The summed E-state index contributed by atoms with van der Waals surface area (Å²) in [5.74, 6) is 0.